The van der Waals surface area contributed by atoms with Crippen LogP contribution < -0.4 is 16.7 Å². The molecule has 0 fully saturated rings. The molecular formula is C14H20N3O4P. The molecule has 1 aromatic carbocycles. The summed E-state index contributed by atoms with van der Waals surface area (Å²) in [5.74, 6) is 5.80. The molecule has 2 rings (SSSR count). The van der Waals surface area contributed by atoms with Gasteiger partial charge in [-0.1, -0.05) is 17.7 Å². The van der Waals surface area contributed by atoms with Gasteiger partial charge >= 0.3 is 7.60 Å². The molecule has 0 radical (unpaired) electrons. The van der Waals surface area contributed by atoms with Gasteiger partial charge in [0.1, 0.15) is 0 Å². The fourth-order valence-corrected chi connectivity index (χ4v) is 3.48. The van der Waals surface area contributed by atoms with Crippen molar-refractivity contribution < 1.29 is 18.0 Å². The molecule has 0 aliphatic carbocycles. The van der Waals surface area contributed by atoms with Gasteiger partial charge in [0.05, 0.1) is 13.2 Å². The highest BCUT2D eigenvalue weighted by Gasteiger charge is 2.35. The summed E-state index contributed by atoms with van der Waals surface area (Å²) in [5, 5.41) is 0. The molecule has 8 heteroatoms. The van der Waals surface area contributed by atoms with E-state index in [1.807, 2.05) is 31.2 Å². The highest BCUT2D eigenvalue weighted by Crippen LogP contribution is 2.48. The standard InChI is InChI=1S/C14H20N3O4P/c1-4-19-22(18,20-5-2)14-13(17-15)21-12(16-14)11-8-6-10(3)7-9-11/h6-9,17H,4-5,15H2,1-3H3. The van der Waals surface area contributed by atoms with E-state index in [-0.39, 0.29) is 24.5 Å². The molecule has 0 bridgehead atoms. The molecular weight excluding hydrogens is 305 g/mol. The number of aryl methyl sites for hydroxylation is 1. The van der Waals surface area contributed by atoms with Crippen molar-refractivity contribution >= 4 is 18.9 Å². The molecule has 0 amide bonds. The van der Waals surface area contributed by atoms with Crippen LogP contribution in [0.2, 0.25) is 0 Å². The van der Waals surface area contributed by atoms with Crippen LogP contribution in [0.1, 0.15) is 19.4 Å². The molecule has 0 saturated carbocycles. The normalized spacial score (nSPS) is 11.6. The predicted octanol–water partition coefficient (Wildman–Crippen LogP) is 2.83. The van der Waals surface area contributed by atoms with Crippen molar-refractivity contribution in [2.75, 3.05) is 18.6 Å². The van der Waals surface area contributed by atoms with Gasteiger partial charge in [-0.25, -0.2) is 5.84 Å². The van der Waals surface area contributed by atoms with Gasteiger partial charge in [0, 0.05) is 5.56 Å². The van der Waals surface area contributed by atoms with Crippen molar-refractivity contribution in [2.45, 2.75) is 20.8 Å². The highest BCUT2D eigenvalue weighted by atomic mass is 31.2. The van der Waals surface area contributed by atoms with Gasteiger partial charge in [-0.3, -0.25) is 9.99 Å². The van der Waals surface area contributed by atoms with Crippen LogP contribution in [-0.2, 0) is 13.6 Å². The number of hydrogen-bond donors (Lipinski definition) is 2. The summed E-state index contributed by atoms with van der Waals surface area (Å²) < 4.78 is 28.9. The number of anilines is 1. The largest absolute Gasteiger partial charge is 0.418 e. The van der Waals surface area contributed by atoms with E-state index < -0.39 is 7.60 Å². The molecule has 3 N–H and O–H groups in total. The summed E-state index contributed by atoms with van der Waals surface area (Å²) >= 11 is 0. The Balaban J connectivity index is 2.48. The van der Waals surface area contributed by atoms with Crippen LogP contribution >= 0.6 is 7.60 Å². The number of oxazole rings is 1. The van der Waals surface area contributed by atoms with Gasteiger partial charge in [0.15, 0.2) is 0 Å². The van der Waals surface area contributed by atoms with Gasteiger partial charge in [-0.05, 0) is 32.9 Å². The Labute approximate surface area is 129 Å². The molecule has 0 atom stereocenters. The maximum Gasteiger partial charge on any atom is 0.385 e. The molecule has 1 heterocycles. The summed E-state index contributed by atoms with van der Waals surface area (Å²) in [6.45, 7) is 5.86. The first-order chi connectivity index (χ1) is 10.5. The van der Waals surface area contributed by atoms with Crippen molar-refractivity contribution in [1.82, 2.24) is 4.98 Å². The summed E-state index contributed by atoms with van der Waals surface area (Å²) in [7, 11) is -3.58. The zero-order valence-electron chi connectivity index (χ0n) is 12.8. The summed E-state index contributed by atoms with van der Waals surface area (Å²) in [4.78, 5) is 4.27. The average Bonchev–Trinajstić information content (AvgIpc) is 2.93. The molecule has 0 aliphatic heterocycles. The Hall–Kier alpha value is -1.66. The summed E-state index contributed by atoms with van der Waals surface area (Å²) in [5.41, 5.74) is 4.26. The molecule has 120 valence electrons. The molecule has 0 aliphatic rings. The van der Waals surface area contributed by atoms with Crippen molar-refractivity contribution in [3.05, 3.63) is 29.8 Å². The Morgan fingerprint density at radius 1 is 1.23 bits per heavy atom. The third-order valence-electron chi connectivity index (χ3n) is 2.90. The Morgan fingerprint density at radius 3 is 2.32 bits per heavy atom. The van der Waals surface area contributed by atoms with Crippen LogP contribution in [0.3, 0.4) is 0 Å². The SMILES string of the molecule is CCOP(=O)(OCC)c1nc(-c2ccc(C)cc2)oc1NN. The molecule has 0 unspecified atom stereocenters. The van der Waals surface area contributed by atoms with Crippen molar-refractivity contribution in [2.24, 2.45) is 5.84 Å². The van der Waals surface area contributed by atoms with Crippen LogP contribution in [0, 0.1) is 6.92 Å². The highest BCUT2D eigenvalue weighted by molar-refractivity contribution is 7.62. The minimum Gasteiger partial charge on any atom is -0.418 e. The van der Waals surface area contributed by atoms with Crippen LogP contribution in [0.25, 0.3) is 11.5 Å². The zero-order valence-corrected chi connectivity index (χ0v) is 13.7. The molecule has 7 nitrogen and oxygen atoms in total. The smallest absolute Gasteiger partial charge is 0.385 e. The maximum atomic E-state index is 12.8. The summed E-state index contributed by atoms with van der Waals surface area (Å²) in [6.07, 6.45) is 0. The molecule has 0 saturated heterocycles. The van der Waals surface area contributed by atoms with E-state index in [1.54, 1.807) is 13.8 Å². The van der Waals surface area contributed by atoms with Gasteiger partial charge in [-0.15, -0.1) is 0 Å². The molecule has 0 spiro atoms. The number of nitrogen functional groups attached to an aromatic ring is 1. The maximum absolute atomic E-state index is 12.8. The van der Waals surface area contributed by atoms with E-state index >= 15 is 0 Å². The van der Waals surface area contributed by atoms with Crippen molar-refractivity contribution in [3.8, 4) is 11.5 Å². The second kappa shape index (κ2) is 7.07. The fourth-order valence-electron chi connectivity index (χ4n) is 1.91. The van der Waals surface area contributed by atoms with Crippen molar-refractivity contribution in [1.29, 1.82) is 0 Å². The first-order valence-electron chi connectivity index (χ1n) is 6.98. The number of nitrogens with one attached hydrogen (secondary N) is 1. The number of hydrazine groups is 1. The van der Waals surface area contributed by atoms with E-state index in [2.05, 4.69) is 10.4 Å². The van der Waals surface area contributed by atoms with E-state index in [0.717, 1.165) is 11.1 Å². The first kappa shape index (κ1) is 16.7. The topological polar surface area (TPSA) is 99.6 Å². The number of aromatic nitrogens is 1. The van der Waals surface area contributed by atoms with Crippen LogP contribution in [-0.4, -0.2) is 18.2 Å². The minimum absolute atomic E-state index is 0.0503. The Morgan fingerprint density at radius 2 is 1.82 bits per heavy atom. The van der Waals surface area contributed by atoms with E-state index in [1.165, 1.54) is 0 Å². The van der Waals surface area contributed by atoms with Crippen LogP contribution in [0.15, 0.2) is 28.7 Å². The predicted molar refractivity (Wildman–Crippen MR) is 85.0 cm³/mol. The fraction of sp³-hybridized carbons (Fsp3) is 0.357. The molecule has 1 aromatic heterocycles. The lowest BCUT2D eigenvalue weighted by Gasteiger charge is -2.14. The second-order valence-corrected chi connectivity index (χ2v) is 6.45. The third-order valence-corrected chi connectivity index (χ3v) is 4.91. The quantitative estimate of drug-likeness (QED) is 0.458. The third kappa shape index (κ3) is 3.39. The average molecular weight is 325 g/mol. The van der Waals surface area contributed by atoms with Crippen molar-refractivity contribution in [3.63, 3.8) is 0 Å². The lowest BCUT2D eigenvalue weighted by atomic mass is 10.1. The molecule has 2 aromatic rings. The number of benzene rings is 1. The summed E-state index contributed by atoms with van der Waals surface area (Å²) in [6, 6.07) is 7.58. The number of rotatable bonds is 7. The zero-order chi connectivity index (χ0) is 16.2. The Kier molecular flexibility index (Phi) is 5.37. The Bertz CT molecular complexity index is 659. The monoisotopic (exact) mass is 325 g/mol. The lowest BCUT2D eigenvalue weighted by molar-refractivity contribution is 0.229. The second-order valence-electron chi connectivity index (χ2n) is 4.52. The minimum atomic E-state index is -3.58. The molecule has 22 heavy (non-hydrogen) atoms. The van der Waals surface area contributed by atoms with Gasteiger partial charge < -0.3 is 13.5 Å². The number of nitrogens with two attached hydrogens (primary N) is 1. The van der Waals surface area contributed by atoms with E-state index in [4.69, 9.17) is 19.3 Å². The lowest BCUT2D eigenvalue weighted by Crippen LogP contribution is -2.19. The van der Waals surface area contributed by atoms with Crippen LogP contribution in [0.4, 0.5) is 5.88 Å². The van der Waals surface area contributed by atoms with Gasteiger partial charge in [-0.2, -0.15) is 4.98 Å². The van der Waals surface area contributed by atoms with Gasteiger partial charge in [0.25, 0.3) is 0 Å². The first-order valence-corrected chi connectivity index (χ1v) is 8.52. The number of hydrogen-bond acceptors (Lipinski definition) is 7. The van der Waals surface area contributed by atoms with E-state index in [9.17, 15) is 4.57 Å². The van der Waals surface area contributed by atoms with E-state index in [0.29, 0.717) is 5.89 Å². The van der Waals surface area contributed by atoms with Gasteiger partial charge in [0.2, 0.25) is 17.2 Å². The van der Waals surface area contributed by atoms with Crippen LogP contribution in [0.5, 0.6) is 0 Å². The number of nitrogens with zero attached hydrogens (tertiary/aromatic N) is 1.